The highest BCUT2D eigenvalue weighted by Crippen LogP contribution is 2.16. The molecule has 1 rings (SSSR count). The second-order valence-electron chi connectivity index (χ2n) is 5.40. The van der Waals surface area contributed by atoms with Crippen LogP contribution < -0.4 is 5.32 Å². The zero-order chi connectivity index (χ0) is 13.7. The van der Waals surface area contributed by atoms with Crippen LogP contribution in [-0.4, -0.2) is 22.6 Å². The highest BCUT2D eigenvalue weighted by Gasteiger charge is 2.07. The number of aromatic nitrogens is 2. The summed E-state index contributed by atoms with van der Waals surface area (Å²) in [5.74, 6) is 2.08. The largest absolute Gasteiger partial charge is 0.319 e. The van der Waals surface area contributed by atoms with E-state index in [1.54, 1.807) is 6.20 Å². The zero-order valence-electron chi connectivity index (χ0n) is 12.0. The Bertz CT molecular complexity index is 405. The molecule has 0 aliphatic carbocycles. The first-order valence-electron chi connectivity index (χ1n) is 6.50. The highest BCUT2D eigenvalue weighted by molar-refractivity contribution is 6.29. The first kappa shape index (κ1) is 15.3. The second kappa shape index (κ2) is 6.95. The van der Waals surface area contributed by atoms with Gasteiger partial charge in [0, 0.05) is 13.6 Å². The molecule has 0 atom stereocenters. The Labute approximate surface area is 115 Å². The van der Waals surface area contributed by atoms with E-state index < -0.39 is 0 Å². The minimum absolute atomic E-state index is 0.500. The molecule has 0 saturated heterocycles. The summed E-state index contributed by atoms with van der Waals surface area (Å²) in [4.78, 5) is 4.31. The average Bonchev–Trinajstić information content (AvgIpc) is 2.58. The SMILES string of the molecule is CC(C)CNC/C(=C/c1ncc(Cl)n1C)C(C)C. The fourth-order valence-electron chi connectivity index (χ4n) is 1.63. The summed E-state index contributed by atoms with van der Waals surface area (Å²) < 4.78 is 1.90. The topological polar surface area (TPSA) is 29.9 Å². The minimum Gasteiger partial charge on any atom is -0.319 e. The van der Waals surface area contributed by atoms with Gasteiger partial charge in [-0.2, -0.15) is 0 Å². The maximum atomic E-state index is 5.99. The number of hydrogen-bond donors (Lipinski definition) is 1. The van der Waals surface area contributed by atoms with Crippen LogP contribution in [0.2, 0.25) is 5.15 Å². The van der Waals surface area contributed by atoms with Crippen molar-refractivity contribution < 1.29 is 0 Å². The second-order valence-corrected chi connectivity index (χ2v) is 5.78. The molecule has 1 aromatic heterocycles. The lowest BCUT2D eigenvalue weighted by Gasteiger charge is -2.14. The number of rotatable bonds is 6. The van der Waals surface area contributed by atoms with E-state index in [9.17, 15) is 0 Å². The Balaban J connectivity index is 2.75. The number of nitrogens with one attached hydrogen (secondary N) is 1. The van der Waals surface area contributed by atoms with Gasteiger partial charge in [-0.05, 0) is 24.5 Å². The Morgan fingerprint density at radius 1 is 1.44 bits per heavy atom. The summed E-state index contributed by atoms with van der Waals surface area (Å²) >= 11 is 5.99. The van der Waals surface area contributed by atoms with E-state index in [4.69, 9.17) is 11.6 Å². The van der Waals surface area contributed by atoms with Crippen molar-refractivity contribution in [1.82, 2.24) is 14.9 Å². The van der Waals surface area contributed by atoms with E-state index in [1.165, 1.54) is 5.57 Å². The maximum Gasteiger partial charge on any atom is 0.133 e. The van der Waals surface area contributed by atoms with Gasteiger partial charge in [0.1, 0.15) is 11.0 Å². The Hall–Kier alpha value is -0.800. The molecule has 0 spiro atoms. The summed E-state index contributed by atoms with van der Waals surface area (Å²) in [6.07, 6.45) is 3.82. The number of nitrogens with zero attached hydrogens (tertiary/aromatic N) is 2. The standard InChI is InChI=1S/C14H24ClN3/c1-10(2)7-16-8-12(11(3)4)6-14-17-9-13(15)18(14)5/h6,9-11,16H,7-8H2,1-5H3/b12-6-. The zero-order valence-corrected chi connectivity index (χ0v) is 12.8. The van der Waals surface area contributed by atoms with E-state index >= 15 is 0 Å². The van der Waals surface area contributed by atoms with Crippen LogP contribution in [0.15, 0.2) is 11.8 Å². The molecule has 18 heavy (non-hydrogen) atoms. The smallest absolute Gasteiger partial charge is 0.133 e. The highest BCUT2D eigenvalue weighted by atomic mass is 35.5. The monoisotopic (exact) mass is 269 g/mol. The molecule has 1 aromatic rings. The molecule has 0 aliphatic rings. The molecule has 0 saturated carbocycles. The van der Waals surface area contributed by atoms with E-state index in [1.807, 2.05) is 11.6 Å². The van der Waals surface area contributed by atoms with Crippen LogP contribution in [0, 0.1) is 11.8 Å². The van der Waals surface area contributed by atoms with E-state index in [0.717, 1.165) is 18.9 Å². The van der Waals surface area contributed by atoms with Gasteiger partial charge in [0.25, 0.3) is 0 Å². The molecule has 1 N–H and O–H groups in total. The van der Waals surface area contributed by atoms with Gasteiger partial charge in [0.2, 0.25) is 0 Å². The average molecular weight is 270 g/mol. The molecule has 1 heterocycles. The predicted molar refractivity (Wildman–Crippen MR) is 78.7 cm³/mol. The number of imidazole rings is 1. The van der Waals surface area contributed by atoms with E-state index in [-0.39, 0.29) is 0 Å². The third-order valence-corrected chi connectivity index (χ3v) is 3.26. The normalized spacial score (nSPS) is 12.8. The Morgan fingerprint density at radius 3 is 2.56 bits per heavy atom. The molecule has 0 aromatic carbocycles. The van der Waals surface area contributed by atoms with Gasteiger partial charge in [-0.25, -0.2) is 4.98 Å². The number of halogens is 1. The summed E-state index contributed by atoms with van der Waals surface area (Å²) in [6.45, 7) is 10.8. The van der Waals surface area contributed by atoms with Crippen molar-refractivity contribution in [2.75, 3.05) is 13.1 Å². The molecule has 0 unspecified atom stereocenters. The van der Waals surface area contributed by atoms with Gasteiger partial charge in [0.15, 0.2) is 0 Å². The number of hydrogen-bond acceptors (Lipinski definition) is 2. The van der Waals surface area contributed by atoms with Crippen molar-refractivity contribution >= 4 is 17.7 Å². The van der Waals surface area contributed by atoms with Gasteiger partial charge < -0.3 is 9.88 Å². The molecular weight excluding hydrogens is 246 g/mol. The summed E-state index contributed by atoms with van der Waals surface area (Å²) in [6, 6.07) is 0. The molecule has 102 valence electrons. The van der Waals surface area contributed by atoms with E-state index in [2.05, 4.69) is 44.1 Å². The van der Waals surface area contributed by atoms with Crippen molar-refractivity contribution in [3.05, 3.63) is 22.7 Å². The van der Waals surface area contributed by atoms with Crippen LogP contribution in [0.25, 0.3) is 6.08 Å². The van der Waals surface area contributed by atoms with Gasteiger partial charge in [-0.1, -0.05) is 44.9 Å². The van der Waals surface area contributed by atoms with Crippen LogP contribution in [-0.2, 0) is 7.05 Å². The molecule has 0 fully saturated rings. The van der Waals surface area contributed by atoms with Crippen molar-refractivity contribution in [3.63, 3.8) is 0 Å². The molecular formula is C14H24ClN3. The lowest BCUT2D eigenvalue weighted by atomic mass is 10.0. The fraction of sp³-hybridized carbons (Fsp3) is 0.643. The van der Waals surface area contributed by atoms with Crippen molar-refractivity contribution in [3.8, 4) is 0 Å². The van der Waals surface area contributed by atoms with Crippen molar-refractivity contribution in [2.45, 2.75) is 27.7 Å². The van der Waals surface area contributed by atoms with Crippen LogP contribution in [0.4, 0.5) is 0 Å². The first-order valence-corrected chi connectivity index (χ1v) is 6.88. The summed E-state index contributed by atoms with van der Waals surface area (Å²) in [5, 5.41) is 4.14. The third kappa shape index (κ3) is 4.46. The summed E-state index contributed by atoms with van der Waals surface area (Å²) in [7, 11) is 1.93. The van der Waals surface area contributed by atoms with Gasteiger partial charge in [-0.15, -0.1) is 0 Å². The minimum atomic E-state index is 0.500. The Morgan fingerprint density at radius 2 is 2.11 bits per heavy atom. The van der Waals surface area contributed by atoms with Crippen LogP contribution in [0.5, 0.6) is 0 Å². The maximum absolute atomic E-state index is 5.99. The molecule has 0 radical (unpaired) electrons. The first-order chi connectivity index (χ1) is 8.41. The van der Waals surface area contributed by atoms with Crippen LogP contribution in [0.1, 0.15) is 33.5 Å². The van der Waals surface area contributed by atoms with Gasteiger partial charge in [0.05, 0.1) is 6.20 Å². The molecule has 4 heteroatoms. The quantitative estimate of drug-likeness (QED) is 0.858. The lowest BCUT2D eigenvalue weighted by molar-refractivity contribution is 0.558. The van der Waals surface area contributed by atoms with Gasteiger partial charge in [-0.3, -0.25) is 0 Å². The van der Waals surface area contributed by atoms with Crippen LogP contribution >= 0.6 is 11.6 Å². The third-order valence-electron chi connectivity index (χ3n) is 2.91. The lowest BCUT2D eigenvalue weighted by Crippen LogP contribution is -2.23. The van der Waals surface area contributed by atoms with Crippen molar-refractivity contribution in [1.29, 1.82) is 0 Å². The fourth-order valence-corrected chi connectivity index (χ4v) is 1.76. The predicted octanol–water partition coefficient (Wildman–Crippen LogP) is 3.36. The van der Waals surface area contributed by atoms with Crippen LogP contribution in [0.3, 0.4) is 0 Å². The van der Waals surface area contributed by atoms with Gasteiger partial charge >= 0.3 is 0 Å². The van der Waals surface area contributed by atoms with E-state index in [0.29, 0.717) is 17.0 Å². The molecule has 3 nitrogen and oxygen atoms in total. The molecule has 0 aliphatic heterocycles. The summed E-state index contributed by atoms with van der Waals surface area (Å²) in [5.41, 5.74) is 1.35. The molecule has 0 amide bonds. The molecule has 0 bridgehead atoms. The van der Waals surface area contributed by atoms with Crippen molar-refractivity contribution in [2.24, 2.45) is 18.9 Å². The Kier molecular flexibility index (Phi) is 5.89.